The first-order valence-corrected chi connectivity index (χ1v) is 6.62. The van der Waals surface area contributed by atoms with E-state index in [0.717, 1.165) is 0 Å². The first-order valence-electron chi connectivity index (χ1n) is 5.86. The van der Waals surface area contributed by atoms with Gasteiger partial charge in [0.1, 0.15) is 21.7 Å². The summed E-state index contributed by atoms with van der Waals surface area (Å²) in [5.41, 5.74) is -2.23. The Morgan fingerprint density at radius 1 is 0.800 bits per heavy atom. The summed E-state index contributed by atoms with van der Waals surface area (Å²) in [7, 11) is -1.35. The average molecular weight is 327 g/mol. The van der Waals surface area contributed by atoms with Gasteiger partial charge in [-0.25, -0.2) is 13.2 Å². The van der Waals surface area contributed by atoms with Crippen molar-refractivity contribution in [2.24, 2.45) is 0 Å². The maximum Gasteiger partial charge on any atom is 0.501 e. The second-order valence-corrected chi connectivity index (χ2v) is 6.33. The molecule has 0 atom stereocenters. The molecule has 8 heteroatoms. The summed E-state index contributed by atoms with van der Waals surface area (Å²) < 4.78 is 52.5. The van der Waals surface area contributed by atoms with Gasteiger partial charge in [-0.15, -0.1) is 0 Å². The Balaban J connectivity index is 2.57. The van der Waals surface area contributed by atoms with E-state index < -0.39 is 51.3 Å². The molecule has 0 radical (unpaired) electrons. The molecule has 0 aliphatic carbocycles. The fraction of sp³-hybridized carbons (Fsp3) is 0.500. The van der Waals surface area contributed by atoms with Crippen LogP contribution in [0.5, 0.6) is 0 Å². The third kappa shape index (κ3) is 2.23. The van der Waals surface area contributed by atoms with Crippen LogP contribution in [0, 0.1) is 17.5 Å². The van der Waals surface area contributed by atoms with Crippen LogP contribution in [0.2, 0.25) is 10.0 Å². The minimum absolute atomic E-state index is 0.625. The van der Waals surface area contributed by atoms with Crippen LogP contribution in [0.15, 0.2) is 0 Å². The lowest BCUT2D eigenvalue weighted by molar-refractivity contribution is 0.00578. The van der Waals surface area contributed by atoms with Gasteiger partial charge in [-0.2, -0.15) is 0 Å². The Morgan fingerprint density at radius 2 is 1.15 bits per heavy atom. The van der Waals surface area contributed by atoms with Gasteiger partial charge in [-0.1, -0.05) is 23.2 Å². The Kier molecular flexibility index (Phi) is 3.83. The normalized spacial score (nSPS) is 20.6. The molecule has 1 fully saturated rings. The summed E-state index contributed by atoms with van der Waals surface area (Å²) >= 11 is 10.9. The molecule has 1 aliphatic rings. The molecule has 1 saturated heterocycles. The fourth-order valence-corrected chi connectivity index (χ4v) is 2.23. The van der Waals surface area contributed by atoms with Crippen LogP contribution in [-0.2, 0) is 9.31 Å². The molecule has 0 amide bonds. The van der Waals surface area contributed by atoms with Crippen molar-refractivity contribution < 1.29 is 22.5 Å². The van der Waals surface area contributed by atoms with E-state index in [0.29, 0.717) is 0 Å². The number of benzene rings is 1. The maximum absolute atomic E-state index is 14.0. The van der Waals surface area contributed by atoms with Gasteiger partial charge < -0.3 is 9.31 Å². The number of hydrogen-bond acceptors (Lipinski definition) is 2. The molecule has 0 bridgehead atoms. The molecule has 0 N–H and O–H groups in total. The molecule has 2 nitrogen and oxygen atoms in total. The van der Waals surface area contributed by atoms with Crippen molar-refractivity contribution in [2.75, 3.05) is 0 Å². The third-order valence-electron chi connectivity index (χ3n) is 3.73. The van der Waals surface area contributed by atoms with Crippen LogP contribution in [0.4, 0.5) is 13.2 Å². The van der Waals surface area contributed by atoms with Gasteiger partial charge in [0.25, 0.3) is 0 Å². The third-order valence-corrected chi connectivity index (χ3v) is 4.40. The minimum atomic E-state index is -1.35. The van der Waals surface area contributed by atoms with Crippen molar-refractivity contribution in [1.29, 1.82) is 0 Å². The second-order valence-electron chi connectivity index (χ2n) is 5.57. The first kappa shape index (κ1) is 16.0. The largest absolute Gasteiger partial charge is 0.501 e. The summed E-state index contributed by atoms with van der Waals surface area (Å²) in [5.74, 6) is -3.89. The smallest absolute Gasteiger partial charge is 0.399 e. The van der Waals surface area contributed by atoms with Crippen LogP contribution in [0.3, 0.4) is 0 Å². The van der Waals surface area contributed by atoms with E-state index in [2.05, 4.69) is 0 Å². The van der Waals surface area contributed by atoms with Gasteiger partial charge in [-0.3, -0.25) is 0 Å². The van der Waals surface area contributed by atoms with Gasteiger partial charge in [0.05, 0.1) is 16.7 Å². The first-order chi connectivity index (χ1) is 8.99. The molecular formula is C12H12BCl2F3O2. The van der Waals surface area contributed by atoms with Crippen LogP contribution in [-0.4, -0.2) is 18.3 Å². The molecule has 110 valence electrons. The predicted molar refractivity (Wildman–Crippen MR) is 72.1 cm³/mol. The quantitative estimate of drug-likeness (QED) is 0.445. The topological polar surface area (TPSA) is 18.5 Å². The highest BCUT2D eigenvalue weighted by Gasteiger charge is 2.54. The maximum atomic E-state index is 14.0. The molecule has 0 saturated carbocycles. The average Bonchev–Trinajstić information content (AvgIpc) is 2.53. The SMILES string of the molecule is CC1(C)OB(c2c(F)c(Cl)c(F)c(Cl)c2F)OC1(C)C. The lowest BCUT2D eigenvalue weighted by Crippen LogP contribution is -2.41. The van der Waals surface area contributed by atoms with E-state index in [1.165, 1.54) is 0 Å². The van der Waals surface area contributed by atoms with Crippen molar-refractivity contribution in [3.05, 3.63) is 27.5 Å². The van der Waals surface area contributed by atoms with Crippen molar-refractivity contribution in [1.82, 2.24) is 0 Å². The van der Waals surface area contributed by atoms with Gasteiger partial charge >= 0.3 is 7.12 Å². The number of rotatable bonds is 1. The lowest BCUT2D eigenvalue weighted by atomic mass is 9.78. The highest BCUT2D eigenvalue weighted by atomic mass is 35.5. The second kappa shape index (κ2) is 4.80. The molecule has 1 heterocycles. The van der Waals surface area contributed by atoms with Crippen molar-refractivity contribution in [3.63, 3.8) is 0 Å². The molecule has 0 spiro atoms. The molecule has 1 aromatic rings. The van der Waals surface area contributed by atoms with Gasteiger partial charge in [0.15, 0.2) is 5.82 Å². The van der Waals surface area contributed by atoms with E-state index >= 15 is 0 Å². The highest BCUT2D eigenvalue weighted by molar-refractivity contribution is 6.63. The molecular weight excluding hydrogens is 315 g/mol. The minimum Gasteiger partial charge on any atom is -0.399 e. The monoisotopic (exact) mass is 326 g/mol. The molecule has 1 aromatic carbocycles. The summed E-state index contributed by atoms with van der Waals surface area (Å²) in [6.45, 7) is 6.87. The predicted octanol–water partition coefficient (Wildman–Crippen LogP) is 3.71. The Hall–Kier alpha value is -0.425. The van der Waals surface area contributed by atoms with Crippen LogP contribution in [0.25, 0.3) is 0 Å². The number of hydrogen-bond donors (Lipinski definition) is 0. The van der Waals surface area contributed by atoms with Gasteiger partial charge in [-0.05, 0) is 27.7 Å². The van der Waals surface area contributed by atoms with Crippen LogP contribution < -0.4 is 5.46 Å². The molecule has 0 aromatic heterocycles. The highest BCUT2D eigenvalue weighted by Crippen LogP contribution is 2.38. The summed E-state index contributed by atoms with van der Waals surface area (Å²) in [6.07, 6.45) is 0. The Morgan fingerprint density at radius 3 is 1.50 bits per heavy atom. The van der Waals surface area contributed by atoms with Crippen molar-refractivity contribution in [2.45, 2.75) is 38.9 Å². The Labute approximate surface area is 125 Å². The Bertz CT molecular complexity index is 533. The fourth-order valence-electron chi connectivity index (χ4n) is 1.79. The van der Waals surface area contributed by atoms with Gasteiger partial charge in [0.2, 0.25) is 0 Å². The van der Waals surface area contributed by atoms with Crippen molar-refractivity contribution >= 4 is 35.8 Å². The molecule has 2 rings (SSSR count). The summed E-state index contributed by atoms with van der Waals surface area (Å²) in [5, 5.41) is -1.78. The zero-order chi connectivity index (χ0) is 15.5. The standard InChI is InChI=1S/C12H12BCl2F3O2/c1-11(2)12(3,4)20-13(19-11)5-8(16)6(14)10(18)7(15)9(5)17/h1-4H3. The zero-order valence-corrected chi connectivity index (χ0v) is 12.8. The number of halogens is 5. The van der Waals surface area contributed by atoms with E-state index in [1.807, 2.05) is 0 Å². The zero-order valence-electron chi connectivity index (χ0n) is 11.3. The van der Waals surface area contributed by atoms with E-state index in [4.69, 9.17) is 32.5 Å². The summed E-state index contributed by atoms with van der Waals surface area (Å²) in [4.78, 5) is 0. The van der Waals surface area contributed by atoms with E-state index in [9.17, 15) is 13.2 Å². The van der Waals surface area contributed by atoms with Crippen LogP contribution >= 0.6 is 23.2 Å². The lowest BCUT2D eigenvalue weighted by Gasteiger charge is -2.32. The molecule has 1 aliphatic heterocycles. The van der Waals surface area contributed by atoms with E-state index in [-0.39, 0.29) is 0 Å². The van der Waals surface area contributed by atoms with Crippen molar-refractivity contribution in [3.8, 4) is 0 Å². The van der Waals surface area contributed by atoms with Crippen LogP contribution in [0.1, 0.15) is 27.7 Å². The van der Waals surface area contributed by atoms with E-state index in [1.54, 1.807) is 27.7 Å². The summed E-state index contributed by atoms with van der Waals surface area (Å²) in [6, 6.07) is 0. The molecule has 20 heavy (non-hydrogen) atoms. The molecule has 0 unspecified atom stereocenters. The van der Waals surface area contributed by atoms with Gasteiger partial charge in [0, 0.05) is 0 Å².